The Hall–Kier alpha value is -2.91. The third-order valence-electron chi connectivity index (χ3n) is 6.78. The first-order chi connectivity index (χ1) is 18.4. The van der Waals surface area contributed by atoms with Crippen LogP contribution in [0.4, 0.5) is 4.79 Å². The molecule has 39 heavy (non-hydrogen) atoms. The Balaban J connectivity index is 1.85. The number of unbranched alkanes of at least 4 members (excludes halogenated alkanes) is 1. The number of likely N-dealkylation sites (tertiary alicyclic amines) is 1. The van der Waals surface area contributed by atoms with Crippen LogP contribution in [0.5, 0.6) is 0 Å². The monoisotopic (exact) mass is 558 g/mol. The number of carbonyl (C=O) groups excluding carboxylic acids is 2. The first kappa shape index (κ1) is 30.6. The molecule has 1 saturated heterocycles. The zero-order valence-corrected chi connectivity index (χ0v) is 24.6. The summed E-state index contributed by atoms with van der Waals surface area (Å²) in [6, 6.07) is 15.6. The Kier molecular flexibility index (Phi) is 10.6. The van der Waals surface area contributed by atoms with Crippen molar-refractivity contribution >= 4 is 22.1 Å². The van der Waals surface area contributed by atoms with Crippen molar-refractivity contribution in [1.29, 1.82) is 0 Å². The maximum atomic E-state index is 13.1. The van der Waals surface area contributed by atoms with E-state index in [0.29, 0.717) is 32.2 Å². The van der Waals surface area contributed by atoms with Crippen LogP contribution in [0.2, 0.25) is 0 Å². The molecule has 1 N–H and O–H groups in total. The summed E-state index contributed by atoms with van der Waals surface area (Å²) in [6.45, 7) is 5.99. The van der Waals surface area contributed by atoms with Crippen molar-refractivity contribution in [3.63, 3.8) is 0 Å². The number of carbonyl (C=O) groups is 2. The van der Waals surface area contributed by atoms with Gasteiger partial charge in [-0.25, -0.2) is 17.9 Å². The van der Waals surface area contributed by atoms with E-state index < -0.39 is 27.8 Å². The highest BCUT2D eigenvalue weighted by molar-refractivity contribution is 7.88. The lowest BCUT2D eigenvalue weighted by Crippen LogP contribution is -2.58. The molecule has 0 saturated carbocycles. The normalized spacial score (nSPS) is 18.0. The van der Waals surface area contributed by atoms with E-state index in [1.807, 2.05) is 45.0 Å². The minimum Gasteiger partial charge on any atom is -0.469 e. The first-order valence-electron chi connectivity index (χ1n) is 13.6. The van der Waals surface area contributed by atoms with Gasteiger partial charge in [-0.05, 0) is 81.5 Å². The van der Waals surface area contributed by atoms with Gasteiger partial charge in [-0.15, -0.1) is 0 Å². The second-order valence-electron chi connectivity index (χ2n) is 11.2. The minimum absolute atomic E-state index is 0.192. The van der Waals surface area contributed by atoms with Gasteiger partial charge in [0, 0.05) is 19.0 Å². The molecule has 0 aliphatic carbocycles. The highest BCUT2D eigenvalue weighted by atomic mass is 32.2. The molecule has 0 aromatic heterocycles. The van der Waals surface area contributed by atoms with Gasteiger partial charge >= 0.3 is 12.1 Å². The fourth-order valence-electron chi connectivity index (χ4n) is 5.08. The maximum Gasteiger partial charge on any atom is 0.410 e. The van der Waals surface area contributed by atoms with E-state index in [9.17, 15) is 18.0 Å². The van der Waals surface area contributed by atoms with Gasteiger partial charge in [0.15, 0.2) is 0 Å². The number of amides is 1. The van der Waals surface area contributed by atoms with E-state index in [-0.39, 0.29) is 12.0 Å². The van der Waals surface area contributed by atoms with Gasteiger partial charge < -0.3 is 14.4 Å². The average Bonchev–Trinajstić information content (AvgIpc) is 2.86. The highest BCUT2D eigenvalue weighted by Crippen LogP contribution is 2.29. The molecule has 9 heteroatoms. The number of sulfonamides is 1. The third kappa shape index (κ3) is 9.65. The molecule has 0 bridgehead atoms. The van der Waals surface area contributed by atoms with Crippen molar-refractivity contribution < 1.29 is 27.5 Å². The van der Waals surface area contributed by atoms with Crippen LogP contribution in [0, 0.1) is 0 Å². The van der Waals surface area contributed by atoms with Gasteiger partial charge in [0.1, 0.15) is 5.60 Å². The lowest BCUT2D eigenvalue weighted by Gasteiger charge is -2.41. The Morgan fingerprint density at radius 2 is 1.82 bits per heavy atom. The number of benzene rings is 2. The van der Waals surface area contributed by atoms with Crippen LogP contribution < -0.4 is 4.72 Å². The molecule has 1 amide bonds. The first-order valence-corrected chi connectivity index (χ1v) is 15.5. The van der Waals surface area contributed by atoms with Gasteiger partial charge in [-0.2, -0.15) is 0 Å². The topological polar surface area (TPSA) is 102 Å². The molecule has 2 atom stereocenters. The average molecular weight is 559 g/mol. The second kappa shape index (κ2) is 13.4. The van der Waals surface area contributed by atoms with Crippen LogP contribution in [0.25, 0.3) is 11.1 Å². The smallest absolute Gasteiger partial charge is 0.410 e. The van der Waals surface area contributed by atoms with Crippen LogP contribution in [0.3, 0.4) is 0 Å². The number of piperidine rings is 1. The lowest BCUT2D eigenvalue weighted by atomic mass is 9.89. The number of ether oxygens (including phenoxy) is 2. The highest BCUT2D eigenvalue weighted by Gasteiger charge is 2.37. The Bertz CT molecular complexity index is 1240. The van der Waals surface area contributed by atoms with Gasteiger partial charge in [-0.3, -0.25) is 4.79 Å². The number of nitrogens with one attached hydrogen (secondary N) is 1. The van der Waals surface area contributed by atoms with Crippen LogP contribution in [-0.4, -0.2) is 63.0 Å². The van der Waals surface area contributed by atoms with Crippen molar-refractivity contribution in [1.82, 2.24) is 9.62 Å². The van der Waals surface area contributed by atoms with Gasteiger partial charge in [0.05, 0.1) is 19.4 Å². The van der Waals surface area contributed by atoms with E-state index in [1.165, 1.54) is 12.7 Å². The molecule has 0 radical (unpaired) electrons. The summed E-state index contributed by atoms with van der Waals surface area (Å²) in [7, 11) is -2.06. The maximum absolute atomic E-state index is 13.1. The Morgan fingerprint density at radius 1 is 1.08 bits per heavy atom. The molecule has 0 spiro atoms. The van der Waals surface area contributed by atoms with E-state index in [1.54, 1.807) is 4.90 Å². The molecule has 1 aliphatic rings. The van der Waals surface area contributed by atoms with Crippen molar-refractivity contribution in [3.05, 3.63) is 59.7 Å². The van der Waals surface area contributed by atoms with E-state index in [0.717, 1.165) is 42.2 Å². The molecule has 3 rings (SSSR count). The van der Waals surface area contributed by atoms with Crippen molar-refractivity contribution in [2.45, 2.75) is 83.4 Å². The van der Waals surface area contributed by atoms with Crippen molar-refractivity contribution in [3.8, 4) is 11.1 Å². The van der Waals surface area contributed by atoms with Crippen LogP contribution in [0.15, 0.2) is 48.5 Å². The van der Waals surface area contributed by atoms with Gasteiger partial charge in [0.25, 0.3) is 0 Å². The van der Waals surface area contributed by atoms with E-state index in [4.69, 9.17) is 9.47 Å². The number of nitrogens with zero attached hydrogens (tertiary/aromatic N) is 1. The van der Waals surface area contributed by atoms with Gasteiger partial charge in [-0.1, -0.05) is 48.5 Å². The van der Waals surface area contributed by atoms with Crippen LogP contribution in [-0.2, 0) is 37.1 Å². The molecule has 1 aliphatic heterocycles. The van der Waals surface area contributed by atoms with Crippen LogP contribution >= 0.6 is 0 Å². The van der Waals surface area contributed by atoms with Crippen LogP contribution in [0.1, 0.15) is 64.0 Å². The molecular formula is C30H42N2O6S. The standard InChI is InChI=1S/C30H42N2O6S/c1-30(2,3)38-29(34)32-19-11-17-26(31-39(5,35)36)27(32)21-22-12-10-15-24(20-22)25-16-8-6-13-23(25)14-7-9-18-28(33)37-4/h6,8,10,12-13,15-16,20,26-27,31H,7,9,11,14,17-19,21H2,1-5H3. The van der Waals surface area contributed by atoms with E-state index in [2.05, 4.69) is 29.0 Å². The number of aryl methyl sites for hydroxylation is 1. The zero-order valence-electron chi connectivity index (χ0n) is 23.7. The fourth-order valence-corrected chi connectivity index (χ4v) is 5.91. The summed E-state index contributed by atoms with van der Waals surface area (Å²) in [4.78, 5) is 26.3. The Labute approximate surface area is 233 Å². The molecule has 1 heterocycles. The second-order valence-corrected chi connectivity index (χ2v) is 13.0. The Morgan fingerprint density at radius 3 is 2.51 bits per heavy atom. The summed E-state index contributed by atoms with van der Waals surface area (Å²) in [5.74, 6) is -0.192. The summed E-state index contributed by atoms with van der Waals surface area (Å²) in [5.41, 5.74) is 3.73. The molecular weight excluding hydrogens is 516 g/mol. The third-order valence-corrected chi connectivity index (χ3v) is 7.51. The summed E-state index contributed by atoms with van der Waals surface area (Å²) < 4.78 is 37.5. The molecule has 2 unspecified atom stereocenters. The van der Waals surface area contributed by atoms with Gasteiger partial charge in [0.2, 0.25) is 10.0 Å². The molecule has 2 aromatic carbocycles. The molecule has 1 fully saturated rings. The molecule has 214 valence electrons. The molecule has 8 nitrogen and oxygen atoms in total. The van der Waals surface area contributed by atoms with Crippen molar-refractivity contribution in [2.24, 2.45) is 0 Å². The number of hydrogen-bond acceptors (Lipinski definition) is 6. The summed E-state index contributed by atoms with van der Waals surface area (Å²) in [5, 5.41) is 0. The SMILES string of the molecule is COC(=O)CCCCc1ccccc1-c1cccc(CC2C(NS(C)(=O)=O)CCCN2C(=O)OC(C)(C)C)c1. The molecule has 2 aromatic rings. The number of hydrogen-bond donors (Lipinski definition) is 1. The minimum atomic E-state index is -3.47. The predicted octanol–water partition coefficient (Wildman–Crippen LogP) is 5.10. The number of methoxy groups -OCH3 is 1. The number of esters is 1. The quantitative estimate of drug-likeness (QED) is 0.322. The van der Waals surface area contributed by atoms with E-state index >= 15 is 0 Å². The fraction of sp³-hybridized carbons (Fsp3) is 0.533. The van der Waals surface area contributed by atoms with Crippen molar-refractivity contribution in [2.75, 3.05) is 19.9 Å². The predicted molar refractivity (Wildman–Crippen MR) is 153 cm³/mol. The zero-order chi connectivity index (χ0) is 28.6. The summed E-state index contributed by atoms with van der Waals surface area (Å²) in [6.07, 6.45) is 5.42. The number of rotatable bonds is 10. The lowest BCUT2D eigenvalue weighted by molar-refractivity contribution is -0.140. The summed E-state index contributed by atoms with van der Waals surface area (Å²) >= 11 is 0. The largest absolute Gasteiger partial charge is 0.469 e.